The van der Waals surface area contributed by atoms with Crippen LogP contribution in [0.15, 0.2) is 0 Å². The molecule has 0 saturated carbocycles. The number of nitrogens with two attached hydrogens (primary N) is 5. The molecule has 16 nitrogen and oxygen atoms in total. The maximum atomic E-state index is 10.1. The number of carbonyl (C=O) groups excluding carboxylic acids is 1. The highest BCUT2D eigenvalue weighted by atomic mass is 16.4. The molecule has 0 unspecified atom stereocenters. The molecule has 0 aliphatic carbocycles. The number of rotatable bonds is 11. The Morgan fingerprint density at radius 2 is 1.00 bits per heavy atom. The fourth-order valence-electron chi connectivity index (χ4n) is 1.11. The molecular weight excluding hydrogens is 450 g/mol. The van der Waals surface area contributed by atoms with Crippen LogP contribution >= 0.6 is 0 Å². The van der Waals surface area contributed by atoms with E-state index < -0.39 is 53.9 Å². The van der Waals surface area contributed by atoms with Crippen LogP contribution in [0.4, 0.5) is 0 Å². The molecule has 1 amide bonds. The molecule has 194 valence electrons. The lowest BCUT2D eigenvalue weighted by Crippen LogP contribution is -2.34. The van der Waals surface area contributed by atoms with E-state index in [1.807, 2.05) is 0 Å². The summed E-state index contributed by atoms with van der Waals surface area (Å²) in [5.74, 6) is -5.71. The van der Waals surface area contributed by atoms with Crippen LogP contribution in [-0.2, 0) is 28.8 Å². The molecule has 33 heavy (non-hydrogen) atoms. The predicted octanol–water partition coefficient (Wildman–Crippen LogP) is -2.99. The maximum Gasteiger partial charge on any atom is 0.320 e. The Labute approximate surface area is 189 Å². The Morgan fingerprint density at radius 3 is 1.15 bits per heavy atom. The molecule has 0 aromatic rings. The van der Waals surface area contributed by atoms with Crippen LogP contribution in [0.25, 0.3) is 0 Å². The average Bonchev–Trinajstić information content (AvgIpc) is 2.70. The summed E-state index contributed by atoms with van der Waals surface area (Å²) in [6.07, 6.45) is -0.101. The monoisotopic (exact) mass is 485 g/mol. The van der Waals surface area contributed by atoms with Crippen molar-refractivity contribution in [2.45, 2.75) is 57.7 Å². The van der Waals surface area contributed by atoms with Crippen LogP contribution in [0.2, 0.25) is 0 Å². The zero-order chi connectivity index (χ0) is 27.3. The van der Waals surface area contributed by atoms with E-state index in [0.717, 1.165) is 0 Å². The third kappa shape index (κ3) is 33.5. The van der Waals surface area contributed by atoms with Gasteiger partial charge in [-0.2, -0.15) is 0 Å². The van der Waals surface area contributed by atoms with Gasteiger partial charge in [-0.3, -0.25) is 28.8 Å². The lowest BCUT2D eigenvalue weighted by Gasteiger charge is -2.07. The van der Waals surface area contributed by atoms with Gasteiger partial charge in [0.15, 0.2) is 0 Å². The second-order valence-corrected chi connectivity index (χ2v) is 6.53. The van der Waals surface area contributed by atoms with Crippen molar-refractivity contribution in [3.05, 3.63) is 0 Å². The molecule has 0 aromatic heterocycles. The molecule has 0 rings (SSSR count). The summed E-state index contributed by atoms with van der Waals surface area (Å²) >= 11 is 0. The average molecular weight is 485 g/mol. The quantitative estimate of drug-likeness (QED) is 0.139. The van der Waals surface area contributed by atoms with Crippen molar-refractivity contribution in [3.8, 4) is 0 Å². The number of hydrogen-bond acceptors (Lipinski definition) is 10. The van der Waals surface area contributed by atoms with Crippen LogP contribution < -0.4 is 28.7 Å². The fourth-order valence-corrected chi connectivity index (χ4v) is 1.11. The first kappa shape index (κ1) is 37.0. The van der Waals surface area contributed by atoms with E-state index in [-0.39, 0.29) is 38.1 Å². The zero-order valence-corrected chi connectivity index (χ0v) is 18.4. The van der Waals surface area contributed by atoms with Crippen molar-refractivity contribution in [3.63, 3.8) is 0 Å². The first-order valence-electron chi connectivity index (χ1n) is 9.27. The lowest BCUT2D eigenvalue weighted by molar-refractivity contribution is -0.141. The van der Waals surface area contributed by atoms with Gasteiger partial charge in [-0.25, -0.2) is 0 Å². The Hall–Kier alpha value is -3.34. The van der Waals surface area contributed by atoms with E-state index in [2.05, 4.69) is 5.73 Å². The highest BCUT2D eigenvalue weighted by Crippen LogP contribution is 1.96. The molecule has 0 bridgehead atoms. The molecule has 0 radical (unpaired) electrons. The SMILES string of the molecule is CC(C)[C@H](N)C(=O)O.NC(=O)CC[C@H](N)C(=O)O.NCC(=O)O.N[C@@H](CCC(=O)O)C(=O)O. The minimum Gasteiger partial charge on any atom is -0.481 e. The second kappa shape index (κ2) is 21.9. The van der Waals surface area contributed by atoms with Crippen molar-refractivity contribution in [2.24, 2.45) is 34.6 Å². The fraction of sp³-hybridized carbons (Fsp3) is 0.647. The zero-order valence-electron chi connectivity index (χ0n) is 18.4. The van der Waals surface area contributed by atoms with Crippen LogP contribution in [0.5, 0.6) is 0 Å². The molecule has 3 atom stereocenters. The molecule has 0 aromatic carbocycles. The van der Waals surface area contributed by atoms with Crippen LogP contribution in [0, 0.1) is 5.92 Å². The third-order valence-corrected chi connectivity index (χ3v) is 3.18. The van der Waals surface area contributed by atoms with Crippen LogP contribution in [-0.4, -0.2) is 86.0 Å². The van der Waals surface area contributed by atoms with E-state index in [9.17, 15) is 28.8 Å². The Morgan fingerprint density at radius 1 is 0.667 bits per heavy atom. The molecule has 0 fully saturated rings. The van der Waals surface area contributed by atoms with E-state index in [1.54, 1.807) is 13.8 Å². The van der Waals surface area contributed by atoms with Crippen molar-refractivity contribution in [2.75, 3.05) is 6.54 Å². The molecule has 0 aliphatic rings. The van der Waals surface area contributed by atoms with Crippen LogP contribution in [0.3, 0.4) is 0 Å². The van der Waals surface area contributed by atoms with Gasteiger partial charge in [-0.15, -0.1) is 0 Å². The minimum absolute atomic E-state index is 0.0208. The molecule has 0 saturated heterocycles. The van der Waals surface area contributed by atoms with Crippen molar-refractivity contribution >= 4 is 35.8 Å². The minimum atomic E-state index is -1.17. The van der Waals surface area contributed by atoms with Gasteiger partial charge in [0.2, 0.25) is 5.91 Å². The van der Waals surface area contributed by atoms with E-state index in [4.69, 9.17) is 48.5 Å². The Kier molecular flexibility index (Phi) is 24.5. The summed E-state index contributed by atoms with van der Waals surface area (Å²) in [5, 5.41) is 40.3. The normalized spacial score (nSPS) is 12.1. The number of aliphatic carboxylic acids is 5. The summed E-state index contributed by atoms with van der Waals surface area (Å²) in [4.78, 5) is 59.3. The Balaban J connectivity index is -0.000000175. The van der Waals surface area contributed by atoms with Gasteiger partial charge >= 0.3 is 29.8 Å². The molecule has 0 heterocycles. The predicted molar refractivity (Wildman–Crippen MR) is 114 cm³/mol. The smallest absolute Gasteiger partial charge is 0.320 e. The first-order valence-corrected chi connectivity index (χ1v) is 9.27. The van der Waals surface area contributed by atoms with Crippen molar-refractivity contribution in [1.82, 2.24) is 0 Å². The Bertz CT molecular complexity index is 594. The highest BCUT2D eigenvalue weighted by Gasteiger charge is 2.14. The number of primary amides is 1. The molecule has 16 heteroatoms. The van der Waals surface area contributed by atoms with Gasteiger partial charge in [0.05, 0.1) is 6.54 Å². The van der Waals surface area contributed by atoms with Gasteiger partial charge < -0.3 is 54.2 Å². The molecular formula is C17H35N5O11. The van der Waals surface area contributed by atoms with Crippen LogP contribution in [0.1, 0.15) is 39.5 Å². The second-order valence-electron chi connectivity index (χ2n) is 6.53. The van der Waals surface area contributed by atoms with Gasteiger partial charge in [0, 0.05) is 12.8 Å². The van der Waals surface area contributed by atoms with Gasteiger partial charge in [-0.05, 0) is 18.8 Å². The molecule has 0 aliphatic heterocycles. The van der Waals surface area contributed by atoms with Gasteiger partial charge in [0.25, 0.3) is 0 Å². The molecule has 0 spiro atoms. The maximum absolute atomic E-state index is 10.1. The number of amides is 1. The van der Waals surface area contributed by atoms with Crippen molar-refractivity contribution in [1.29, 1.82) is 0 Å². The third-order valence-electron chi connectivity index (χ3n) is 3.18. The summed E-state index contributed by atoms with van der Waals surface area (Å²) in [6.45, 7) is 3.28. The standard InChI is InChI=1S/C5H10N2O3.C5H9NO4.C5H11NO2.C2H5NO2/c2*6-3(5(9)10)1-2-4(7)8;1-3(2)4(6)5(7)8;3-1-2(4)5/h3H,1-2,6H2,(H2,7,8)(H,9,10);3H,1-2,6H2,(H,7,8)(H,9,10);3-4H,6H2,1-2H3,(H,7,8);1,3H2,(H,4,5)/t2*3-;4-;/m000./s1. The van der Waals surface area contributed by atoms with E-state index in [0.29, 0.717) is 0 Å². The number of carboxylic acid groups (broad SMARTS) is 5. The topological polar surface area (TPSA) is 334 Å². The largest absolute Gasteiger partial charge is 0.481 e. The highest BCUT2D eigenvalue weighted by molar-refractivity contribution is 5.77. The van der Waals surface area contributed by atoms with E-state index in [1.165, 1.54) is 0 Å². The first-order chi connectivity index (χ1) is 14.9. The number of hydrogen-bond donors (Lipinski definition) is 10. The summed E-state index contributed by atoms with van der Waals surface area (Å²) in [7, 11) is 0. The number of carboxylic acids is 5. The number of carbonyl (C=O) groups is 6. The summed E-state index contributed by atoms with van der Waals surface area (Å²) in [5.41, 5.74) is 24.5. The molecule has 15 N–H and O–H groups in total. The van der Waals surface area contributed by atoms with Crippen molar-refractivity contribution < 1.29 is 54.3 Å². The lowest BCUT2D eigenvalue weighted by atomic mass is 10.1. The van der Waals surface area contributed by atoms with E-state index >= 15 is 0 Å². The van der Waals surface area contributed by atoms with Gasteiger partial charge in [-0.1, -0.05) is 13.8 Å². The summed E-state index contributed by atoms with van der Waals surface area (Å²) in [6, 6.07) is -2.75. The summed E-state index contributed by atoms with van der Waals surface area (Å²) < 4.78 is 0. The van der Waals surface area contributed by atoms with Gasteiger partial charge in [0.1, 0.15) is 18.1 Å².